The summed E-state index contributed by atoms with van der Waals surface area (Å²) in [7, 11) is 4.37. The second kappa shape index (κ2) is 11.9. The van der Waals surface area contributed by atoms with Crippen molar-refractivity contribution in [1.82, 2.24) is 15.1 Å². The van der Waals surface area contributed by atoms with Crippen LogP contribution < -0.4 is 15.4 Å². The molecule has 2 fully saturated rings. The largest absolute Gasteiger partial charge is 0.496 e. The average Bonchev–Trinajstić information content (AvgIpc) is 3.72. The van der Waals surface area contributed by atoms with Crippen LogP contribution in [0.5, 0.6) is 5.75 Å². The summed E-state index contributed by atoms with van der Waals surface area (Å²) in [4.78, 5) is 40.1. The lowest BCUT2D eigenvalue weighted by Crippen LogP contribution is -2.56. The fraction of sp³-hybridized carbons (Fsp3) is 0.344. The maximum Gasteiger partial charge on any atom is 0.326 e. The third kappa shape index (κ3) is 6.08. The first-order chi connectivity index (χ1) is 20.4. The number of ether oxygens (including phenoxy) is 1. The molecule has 1 saturated heterocycles. The highest BCUT2D eigenvalue weighted by atomic mass is 35.5. The summed E-state index contributed by atoms with van der Waals surface area (Å²) in [6.45, 7) is 2.41. The topological polar surface area (TPSA) is 111 Å². The van der Waals surface area contributed by atoms with Gasteiger partial charge in [0.1, 0.15) is 17.5 Å². The number of methoxy groups -OCH3 is 1. The number of imide groups is 1. The Hall–Kier alpha value is -3.99. The molecule has 5 rings (SSSR count). The fourth-order valence-electron chi connectivity index (χ4n) is 5.32. The molecular formula is C32H34ClFN4O5. The first-order valence-corrected chi connectivity index (χ1v) is 14.3. The molecule has 1 aliphatic carbocycles. The van der Waals surface area contributed by atoms with Gasteiger partial charge in [0.2, 0.25) is 11.8 Å². The van der Waals surface area contributed by atoms with Gasteiger partial charge >= 0.3 is 6.03 Å². The fourth-order valence-corrected chi connectivity index (χ4v) is 5.65. The van der Waals surface area contributed by atoms with Gasteiger partial charge in [0.25, 0.3) is 0 Å². The number of hydrogen-bond donors (Lipinski definition) is 3. The predicted molar refractivity (Wildman–Crippen MR) is 162 cm³/mol. The van der Waals surface area contributed by atoms with E-state index in [2.05, 4.69) is 10.6 Å². The number of anilines is 1. The zero-order valence-corrected chi connectivity index (χ0v) is 25.2. The van der Waals surface area contributed by atoms with E-state index in [0.29, 0.717) is 45.3 Å². The van der Waals surface area contributed by atoms with E-state index in [-0.39, 0.29) is 13.1 Å². The van der Waals surface area contributed by atoms with Crippen LogP contribution in [0.2, 0.25) is 5.02 Å². The number of rotatable bonds is 9. The smallest absolute Gasteiger partial charge is 0.326 e. The number of halogens is 2. The number of nitrogens with one attached hydrogen (secondary N) is 2. The number of carbonyl (C=O) groups is 3. The summed E-state index contributed by atoms with van der Waals surface area (Å²) >= 11 is 6.94. The second-order valence-corrected chi connectivity index (χ2v) is 11.6. The molecule has 226 valence electrons. The lowest BCUT2D eigenvalue weighted by Gasteiger charge is -2.33. The van der Waals surface area contributed by atoms with E-state index < -0.39 is 35.2 Å². The molecule has 3 aromatic rings. The van der Waals surface area contributed by atoms with Gasteiger partial charge in [-0.3, -0.25) is 14.5 Å². The molecule has 1 heterocycles. The molecule has 9 nitrogen and oxygen atoms in total. The summed E-state index contributed by atoms with van der Waals surface area (Å²) in [5, 5.41) is 16.4. The maximum absolute atomic E-state index is 15.3. The molecule has 1 atom stereocenters. The number of hydrogen-bond acceptors (Lipinski definition) is 6. The van der Waals surface area contributed by atoms with Crippen molar-refractivity contribution in [2.24, 2.45) is 5.92 Å². The minimum Gasteiger partial charge on any atom is -0.496 e. The molecule has 1 unspecified atom stereocenters. The third-order valence-corrected chi connectivity index (χ3v) is 8.57. The van der Waals surface area contributed by atoms with Crippen LogP contribution in [-0.4, -0.2) is 72.6 Å². The minimum atomic E-state index is -1.04. The van der Waals surface area contributed by atoms with Gasteiger partial charge in [-0.05, 0) is 54.7 Å². The zero-order valence-electron chi connectivity index (χ0n) is 24.5. The van der Waals surface area contributed by atoms with E-state index in [4.69, 9.17) is 16.3 Å². The summed E-state index contributed by atoms with van der Waals surface area (Å²) < 4.78 is 20.9. The van der Waals surface area contributed by atoms with Gasteiger partial charge in [-0.25, -0.2) is 9.18 Å². The highest BCUT2D eigenvalue weighted by Gasteiger charge is 2.40. The second-order valence-electron chi connectivity index (χ2n) is 11.2. The van der Waals surface area contributed by atoms with E-state index >= 15 is 4.39 Å². The van der Waals surface area contributed by atoms with Gasteiger partial charge in [0.15, 0.2) is 0 Å². The van der Waals surface area contributed by atoms with Crippen molar-refractivity contribution >= 4 is 35.1 Å². The van der Waals surface area contributed by atoms with Crippen LogP contribution in [0.1, 0.15) is 24.0 Å². The summed E-state index contributed by atoms with van der Waals surface area (Å²) in [6.07, 6.45) is 1.47. The van der Waals surface area contributed by atoms with E-state index in [1.165, 1.54) is 25.1 Å². The standard InChI is InChI=1S/C32H34ClFN4O5/c1-18-20(7-6-10-26(18)36-29(39)24-16-37(2)31(41)38(3)30(24)40)22-9-5-8-21(28(22)33)19-13-25(34)23(27(14-19)43-4)15-35-17-32(42)11-12-32/h5-10,13-14,24,35,42H,11-12,15-17H2,1-4H3,(H,36,39). The normalized spacial score (nSPS) is 17.7. The molecule has 4 amide bonds. The Balaban J connectivity index is 1.41. The van der Waals surface area contributed by atoms with Crippen LogP contribution in [0.3, 0.4) is 0 Å². The number of benzene rings is 3. The Labute approximate surface area is 254 Å². The number of carbonyl (C=O) groups excluding carboxylic acids is 3. The van der Waals surface area contributed by atoms with Gasteiger partial charge in [0.05, 0.1) is 17.7 Å². The SMILES string of the molecule is COc1cc(-c2cccc(-c3cccc(NC(=O)C4CN(C)C(=O)N(C)C4=O)c3C)c2Cl)cc(F)c1CNCC1(O)CC1. The van der Waals surface area contributed by atoms with Crippen LogP contribution in [0, 0.1) is 18.7 Å². The van der Waals surface area contributed by atoms with Crippen LogP contribution in [-0.2, 0) is 16.1 Å². The molecule has 0 bridgehead atoms. The highest BCUT2D eigenvalue weighted by molar-refractivity contribution is 6.36. The van der Waals surface area contributed by atoms with Crippen molar-refractivity contribution in [3.05, 3.63) is 70.5 Å². The van der Waals surface area contributed by atoms with Gasteiger partial charge in [0, 0.05) is 56.1 Å². The first-order valence-electron chi connectivity index (χ1n) is 14.0. The van der Waals surface area contributed by atoms with Crippen molar-refractivity contribution in [2.75, 3.05) is 39.6 Å². The first kappa shape index (κ1) is 30.5. The molecular weight excluding hydrogens is 575 g/mol. The molecule has 3 N–H and O–H groups in total. The van der Waals surface area contributed by atoms with Gasteiger partial charge in [-0.15, -0.1) is 0 Å². The molecule has 1 saturated carbocycles. The number of urea groups is 1. The van der Waals surface area contributed by atoms with E-state index in [1.54, 1.807) is 31.3 Å². The lowest BCUT2D eigenvalue weighted by molar-refractivity contribution is -0.140. The molecule has 2 aliphatic rings. The van der Waals surface area contributed by atoms with Crippen molar-refractivity contribution in [1.29, 1.82) is 0 Å². The Morgan fingerprint density at radius 3 is 2.49 bits per heavy atom. The van der Waals surface area contributed by atoms with Gasteiger partial charge in [-0.2, -0.15) is 0 Å². The lowest BCUT2D eigenvalue weighted by atomic mass is 9.94. The molecule has 43 heavy (non-hydrogen) atoms. The number of aliphatic hydroxyl groups is 1. The summed E-state index contributed by atoms with van der Waals surface area (Å²) in [5.41, 5.74) is 3.44. The minimum absolute atomic E-state index is 0.0163. The molecule has 0 radical (unpaired) electrons. The van der Waals surface area contributed by atoms with Crippen molar-refractivity contribution in [3.63, 3.8) is 0 Å². The molecule has 3 aromatic carbocycles. The van der Waals surface area contributed by atoms with E-state index in [9.17, 15) is 19.5 Å². The number of amides is 4. The van der Waals surface area contributed by atoms with Crippen molar-refractivity contribution in [3.8, 4) is 28.0 Å². The molecule has 11 heteroatoms. The zero-order chi connectivity index (χ0) is 31.1. The van der Waals surface area contributed by atoms with Gasteiger partial charge < -0.3 is 25.4 Å². The summed E-state index contributed by atoms with van der Waals surface area (Å²) in [6, 6.07) is 13.5. The van der Waals surface area contributed by atoms with Crippen LogP contribution in [0.4, 0.5) is 14.9 Å². The Bertz CT molecular complexity index is 1610. The van der Waals surface area contributed by atoms with E-state index in [0.717, 1.165) is 28.9 Å². The maximum atomic E-state index is 15.3. The van der Waals surface area contributed by atoms with Crippen molar-refractivity contribution < 1.29 is 28.6 Å². The van der Waals surface area contributed by atoms with Crippen LogP contribution in [0.15, 0.2) is 48.5 Å². The monoisotopic (exact) mass is 608 g/mol. The van der Waals surface area contributed by atoms with Crippen LogP contribution >= 0.6 is 11.6 Å². The Morgan fingerprint density at radius 1 is 1.12 bits per heavy atom. The summed E-state index contributed by atoms with van der Waals surface area (Å²) in [5.74, 6) is -2.20. The van der Waals surface area contributed by atoms with E-state index in [1.807, 2.05) is 25.1 Å². The third-order valence-electron chi connectivity index (χ3n) is 8.16. The molecule has 1 aliphatic heterocycles. The molecule has 0 aromatic heterocycles. The number of nitrogens with zero attached hydrogens (tertiary/aromatic N) is 2. The highest BCUT2D eigenvalue weighted by Crippen LogP contribution is 2.41. The molecule has 0 spiro atoms. The Kier molecular flexibility index (Phi) is 8.47. The Morgan fingerprint density at radius 2 is 1.79 bits per heavy atom. The average molecular weight is 609 g/mol. The van der Waals surface area contributed by atoms with Crippen LogP contribution in [0.25, 0.3) is 22.3 Å². The van der Waals surface area contributed by atoms with Crippen molar-refractivity contribution in [2.45, 2.75) is 31.9 Å². The quantitative estimate of drug-likeness (QED) is 0.300. The van der Waals surface area contributed by atoms with Gasteiger partial charge in [-0.1, -0.05) is 41.9 Å². The predicted octanol–water partition coefficient (Wildman–Crippen LogP) is 4.82.